The van der Waals surface area contributed by atoms with Crippen molar-refractivity contribution in [2.45, 2.75) is 0 Å². The zero-order valence-electron chi connectivity index (χ0n) is 9.17. The van der Waals surface area contributed by atoms with E-state index in [1.54, 1.807) is 0 Å². The van der Waals surface area contributed by atoms with Crippen LogP contribution in [-0.4, -0.2) is 40.0 Å². The fourth-order valence-corrected chi connectivity index (χ4v) is 1.11. The normalized spacial score (nSPS) is 9.76. The van der Waals surface area contributed by atoms with E-state index in [1.165, 1.54) is 7.05 Å². The molecular formula is C8H10N4O5. The molecule has 0 bridgehead atoms. The van der Waals surface area contributed by atoms with Crippen molar-refractivity contribution >= 4 is 17.7 Å². The monoisotopic (exact) mass is 242 g/mol. The highest BCUT2D eigenvalue weighted by Gasteiger charge is 2.25. The minimum Gasteiger partial charge on any atom is -0.468 e. The van der Waals surface area contributed by atoms with Crippen LogP contribution in [0.5, 0.6) is 0 Å². The van der Waals surface area contributed by atoms with Gasteiger partial charge in [0.15, 0.2) is 6.33 Å². The lowest BCUT2D eigenvalue weighted by Gasteiger charge is -2.01. The first kappa shape index (κ1) is 12.6. The average molecular weight is 242 g/mol. The molecule has 0 aliphatic rings. The van der Waals surface area contributed by atoms with Crippen molar-refractivity contribution in [3.63, 3.8) is 0 Å². The molecule has 1 aromatic rings. The molecule has 92 valence electrons. The minimum atomic E-state index is -0.803. The Kier molecular flexibility index (Phi) is 3.75. The third-order valence-electron chi connectivity index (χ3n) is 1.91. The molecule has 9 nitrogen and oxygen atoms in total. The molecule has 0 saturated carbocycles. The molecule has 1 amide bonds. The van der Waals surface area contributed by atoms with Crippen molar-refractivity contribution in [1.29, 1.82) is 0 Å². The molecule has 0 aliphatic heterocycles. The van der Waals surface area contributed by atoms with Gasteiger partial charge in [0.05, 0.1) is 14.2 Å². The first-order valence-corrected chi connectivity index (χ1v) is 4.48. The van der Waals surface area contributed by atoms with Crippen molar-refractivity contribution in [3.05, 3.63) is 22.1 Å². The van der Waals surface area contributed by atoms with Gasteiger partial charge in [-0.1, -0.05) is 0 Å². The lowest BCUT2D eigenvalue weighted by atomic mass is 10.4. The number of hydrogen-bond donors (Lipinski definition) is 1. The number of ether oxygens (including phenoxy) is 1. The van der Waals surface area contributed by atoms with Crippen LogP contribution in [0.15, 0.2) is 6.33 Å². The number of aromatic nitrogens is 2. The fourth-order valence-electron chi connectivity index (χ4n) is 1.11. The van der Waals surface area contributed by atoms with Gasteiger partial charge in [-0.2, -0.15) is 0 Å². The topological polar surface area (TPSA) is 116 Å². The van der Waals surface area contributed by atoms with Gasteiger partial charge in [0, 0.05) is 0 Å². The molecule has 9 heteroatoms. The van der Waals surface area contributed by atoms with Gasteiger partial charge in [0.1, 0.15) is 6.54 Å². The highest BCUT2D eigenvalue weighted by molar-refractivity contribution is 5.97. The van der Waals surface area contributed by atoms with Gasteiger partial charge in [-0.05, 0) is 4.92 Å². The Morgan fingerprint density at radius 3 is 2.82 bits per heavy atom. The number of esters is 1. The number of imidazole rings is 1. The van der Waals surface area contributed by atoms with Crippen LogP contribution in [0.25, 0.3) is 0 Å². The van der Waals surface area contributed by atoms with E-state index in [2.05, 4.69) is 15.0 Å². The number of aryl methyl sites for hydroxylation is 1. The van der Waals surface area contributed by atoms with E-state index in [9.17, 15) is 19.7 Å². The number of amides is 1. The molecule has 0 aliphatic carbocycles. The third kappa shape index (κ3) is 2.77. The minimum absolute atomic E-state index is 0.346. The maximum Gasteiger partial charge on any atom is 0.355 e. The number of rotatable bonds is 4. The van der Waals surface area contributed by atoms with E-state index in [4.69, 9.17) is 0 Å². The molecule has 0 unspecified atom stereocenters. The smallest absolute Gasteiger partial charge is 0.355 e. The van der Waals surface area contributed by atoms with Crippen LogP contribution in [0.4, 0.5) is 5.82 Å². The number of hydrogen-bond acceptors (Lipinski definition) is 6. The second kappa shape index (κ2) is 5.05. The Hall–Kier alpha value is -2.45. The van der Waals surface area contributed by atoms with Gasteiger partial charge < -0.3 is 20.2 Å². The van der Waals surface area contributed by atoms with Gasteiger partial charge in [-0.3, -0.25) is 9.59 Å². The molecule has 1 N–H and O–H groups in total. The van der Waals surface area contributed by atoms with Gasteiger partial charge in [-0.15, -0.1) is 0 Å². The van der Waals surface area contributed by atoms with E-state index in [1.807, 2.05) is 0 Å². The first-order valence-electron chi connectivity index (χ1n) is 4.48. The maximum absolute atomic E-state index is 11.5. The van der Waals surface area contributed by atoms with Crippen LogP contribution >= 0.6 is 0 Å². The van der Waals surface area contributed by atoms with E-state index < -0.39 is 22.6 Å². The second-order valence-corrected chi connectivity index (χ2v) is 3.04. The zero-order valence-corrected chi connectivity index (χ0v) is 9.17. The summed E-state index contributed by atoms with van der Waals surface area (Å²) in [4.78, 5) is 35.8. The van der Waals surface area contributed by atoms with Crippen LogP contribution in [0.3, 0.4) is 0 Å². The SMILES string of the molecule is COC(=O)CNC(=O)c1ncn(C)c1[N+](=O)[O-]. The molecular weight excluding hydrogens is 232 g/mol. The largest absolute Gasteiger partial charge is 0.468 e. The fraction of sp³-hybridized carbons (Fsp3) is 0.375. The van der Waals surface area contributed by atoms with Crippen molar-refractivity contribution in [3.8, 4) is 0 Å². The highest BCUT2D eigenvalue weighted by Crippen LogP contribution is 2.15. The quantitative estimate of drug-likeness (QED) is 0.421. The van der Waals surface area contributed by atoms with Gasteiger partial charge in [0.25, 0.3) is 5.91 Å². The molecule has 0 fully saturated rings. The third-order valence-corrected chi connectivity index (χ3v) is 1.91. The van der Waals surface area contributed by atoms with Crippen molar-refractivity contribution in [2.75, 3.05) is 13.7 Å². The summed E-state index contributed by atoms with van der Waals surface area (Å²) in [5, 5.41) is 12.8. The zero-order chi connectivity index (χ0) is 13.0. The van der Waals surface area contributed by atoms with Crippen molar-refractivity contribution in [1.82, 2.24) is 14.9 Å². The van der Waals surface area contributed by atoms with E-state index in [-0.39, 0.29) is 12.2 Å². The maximum atomic E-state index is 11.5. The van der Waals surface area contributed by atoms with E-state index in [0.29, 0.717) is 0 Å². The molecule has 0 radical (unpaired) electrons. The van der Waals surface area contributed by atoms with Gasteiger partial charge >= 0.3 is 11.8 Å². The molecule has 0 saturated heterocycles. The average Bonchev–Trinajstić information content (AvgIpc) is 2.67. The number of nitrogens with one attached hydrogen (secondary N) is 1. The van der Waals surface area contributed by atoms with Gasteiger partial charge in [0.2, 0.25) is 5.69 Å². The molecule has 0 atom stereocenters. The number of carbonyl (C=O) groups is 2. The Bertz CT molecular complexity index is 466. The van der Waals surface area contributed by atoms with Crippen LogP contribution in [-0.2, 0) is 16.6 Å². The predicted molar refractivity (Wildman–Crippen MR) is 54.2 cm³/mol. The Balaban J connectivity index is 2.83. The number of methoxy groups -OCH3 is 1. The summed E-state index contributed by atoms with van der Waals surface area (Å²) in [7, 11) is 2.56. The summed E-state index contributed by atoms with van der Waals surface area (Å²) in [6.07, 6.45) is 1.14. The van der Waals surface area contributed by atoms with Crippen LogP contribution < -0.4 is 5.32 Å². The van der Waals surface area contributed by atoms with Crippen LogP contribution in [0.2, 0.25) is 0 Å². The number of nitrogens with zero attached hydrogens (tertiary/aromatic N) is 3. The lowest BCUT2D eigenvalue weighted by molar-refractivity contribution is -0.392. The van der Waals surface area contributed by atoms with Crippen LogP contribution in [0, 0.1) is 10.1 Å². The summed E-state index contributed by atoms with van der Waals surface area (Å²) in [5.74, 6) is -1.90. The summed E-state index contributed by atoms with van der Waals surface area (Å²) < 4.78 is 5.41. The molecule has 1 rings (SSSR count). The lowest BCUT2D eigenvalue weighted by Crippen LogP contribution is -2.30. The van der Waals surface area contributed by atoms with E-state index >= 15 is 0 Å². The summed E-state index contributed by atoms with van der Waals surface area (Å²) in [6, 6.07) is 0. The van der Waals surface area contributed by atoms with Crippen LogP contribution in [0.1, 0.15) is 10.5 Å². The Morgan fingerprint density at radius 2 is 2.29 bits per heavy atom. The van der Waals surface area contributed by atoms with Crippen molar-refractivity contribution < 1.29 is 19.2 Å². The standard InChI is InChI=1S/C8H10N4O5/c1-11-4-10-6(8(11)12(15)16)7(14)9-3-5(13)17-2/h4H,3H2,1-2H3,(H,9,14). The highest BCUT2D eigenvalue weighted by atomic mass is 16.6. The summed E-state index contributed by atoms with van der Waals surface area (Å²) in [5.41, 5.74) is -0.346. The first-order chi connectivity index (χ1) is 7.97. The molecule has 0 spiro atoms. The number of carbonyl (C=O) groups excluding carboxylic acids is 2. The Morgan fingerprint density at radius 1 is 1.65 bits per heavy atom. The molecule has 0 aromatic carbocycles. The number of nitro groups is 1. The van der Waals surface area contributed by atoms with Crippen molar-refractivity contribution in [2.24, 2.45) is 7.05 Å². The molecule has 17 heavy (non-hydrogen) atoms. The summed E-state index contributed by atoms with van der Waals surface area (Å²) in [6.45, 7) is -0.372. The predicted octanol–water partition coefficient (Wildman–Crippen LogP) is -0.769. The second-order valence-electron chi connectivity index (χ2n) is 3.04. The van der Waals surface area contributed by atoms with Gasteiger partial charge in [-0.25, -0.2) is 9.55 Å². The molecule has 1 heterocycles. The Labute approximate surface area is 95.5 Å². The van der Waals surface area contributed by atoms with E-state index in [0.717, 1.165) is 18.0 Å². The molecule has 1 aromatic heterocycles. The summed E-state index contributed by atoms with van der Waals surface area (Å²) >= 11 is 0.